The van der Waals surface area contributed by atoms with Crippen LogP contribution in [0, 0.1) is 5.92 Å². The zero-order valence-corrected chi connectivity index (χ0v) is 21.4. The molecule has 7 nitrogen and oxygen atoms in total. The number of aromatic nitrogens is 2. The molecule has 5 rings (SSSR count). The number of benzene rings is 3. The summed E-state index contributed by atoms with van der Waals surface area (Å²) < 4.78 is 37.9. The quantitative estimate of drug-likeness (QED) is 0.378. The largest absolute Gasteiger partial charge is 0.341 e. The van der Waals surface area contributed by atoms with Gasteiger partial charge in [-0.15, -0.1) is 0 Å². The first-order chi connectivity index (χ1) is 17.5. The standard InChI is InChI=1S/C27H28N4O3S2/c32-27(31-16-14-22(15-17-31)18-20-8-3-1-4-9-20)24(19-21-10-5-2-6-11-21)30-36(33,34)25-13-7-12-23-26(25)29-35-28-23/h1-13,22,24,30H,14-19H2/t24-/m0/s1. The SMILES string of the molecule is O=C([C@H](Cc1ccccc1)NS(=O)(=O)c1cccc2nsnc12)N1CCC(Cc2ccccc2)CC1. The van der Waals surface area contributed by atoms with Gasteiger partial charge in [0, 0.05) is 13.1 Å². The van der Waals surface area contributed by atoms with Crippen LogP contribution in [-0.2, 0) is 27.7 Å². The van der Waals surface area contributed by atoms with Gasteiger partial charge >= 0.3 is 0 Å². The highest BCUT2D eigenvalue weighted by atomic mass is 32.2. The highest BCUT2D eigenvalue weighted by molar-refractivity contribution is 7.89. The molecule has 0 saturated carbocycles. The molecule has 36 heavy (non-hydrogen) atoms. The van der Waals surface area contributed by atoms with Gasteiger partial charge in [-0.05, 0) is 54.9 Å². The van der Waals surface area contributed by atoms with Crippen LogP contribution in [0.1, 0.15) is 24.0 Å². The first kappa shape index (κ1) is 24.5. The Morgan fingerprint density at radius 3 is 2.28 bits per heavy atom. The third-order valence-corrected chi connectivity index (χ3v) is 8.76. The zero-order chi connectivity index (χ0) is 25.0. The molecule has 1 aliphatic rings. The lowest BCUT2D eigenvalue weighted by molar-refractivity contribution is -0.134. The Kier molecular flexibility index (Phi) is 7.41. The van der Waals surface area contributed by atoms with Crippen LogP contribution in [-0.4, -0.2) is 47.1 Å². The number of hydrogen-bond donors (Lipinski definition) is 1. The van der Waals surface area contributed by atoms with Crippen molar-refractivity contribution < 1.29 is 13.2 Å². The summed E-state index contributed by atoms with van der Waals surface area (Å²) in [4.78, 5) is 15.5. The van der Waals surface area contributed by atoms with Crippen LogP contribution in [0.2, 0.25) is 0 Å². The van der Waals surface area contributed by atoms with Gasteiger partial charge in [0.2, 0.25) is 15.9 Å². The second-order valence-electron chi connectivity index (χ2n) is 9.21. The molecule has 1 aromatic heterocycles. The van der Waals surface area contributed by atoms with Crippen LogP contribution in [0.15, 0.2) is 83.8 Å². The van der Waals surface area contributed by atoms with Gasteiger partial charge in [0.1, 0.15) is 22.0 Å². The molecule has 0 bridgehead atoms. The summed E-state index contributed by atoms with van der Waals surface area (Å²) in [5.41, 5.74) is 3.05. The minimum absolute atomic E-state index is 0.0428. The Labute approximate surface area is 215 Å². The molecule has 1 atom stereocenters. The first-order valence-corrected chi connectivity index (χ1v) is 14.3. The van der Waals surface area contributed by atoms with Crippen LogP contribution < -0.4 is 4.72 Å². The van der Waals surface area contributed by atoms with Crippen LogP contribution in [0.4, 0.5) is 0 Å². The topological polar surface area (TPSA) is 92.3 Å². The predicted octanol–water partition coefficient (Wildman–Crippen LogP) is 4.06. The number of fused-ring (bicyclic) bond motifs is 1. The van der Waals surface area contributed by atoms with Crippen molar-refractivity contribution in [2.24, 2.45) is 5.92 Å². The number of nitrogens with zero attached hydrogens (tertiary/aromatic N) is 3. The third kappa shape index (κ3) is 5.64. The molecule has 9 heteroatoms. The monoisotopic (exact) mass is 520 g/mol. The smallest absolute Gasteiger partial charge is 0.243 e. The fourth-order valence-corrected chi connectivity index (χ4v) is 6.76. The van der Waals surface area contributed by atoms with Crippen molar-refractivity contribution in [1.82, 2.24) is 18.4 Å². The lowest BCUT2D eigenvalue weighted by Crippen LogP contribution is -2.51. The second kappa shape index (κ2) is 10.9. The molecule has 1 saturated heterocycles. The Morgan fingerprint density at radius 2 is 1.58 bits per heavy atom. The number of rotatable bonds is 8. The van der Waals surface area contributed by atoms with Crippen molar-refractivity contribution in [3.05, 3.63) is 90.0 Å². The van der Waals surface area contributed by atoms with E-state index in [1.807, 2.05) is 41.3 Å². The minimum atomic E-state index is -4.00. The van der Waals surface area contributed by atoms with Gasteiger partial charge in [-0.2, -0.15) is 13.5 Å². The van der Waals surface area contributed by atoms with Crippen LogP contribution in [0.25, 0.3) is 11.0 Å². The van der Waals surface area contributed by atoms with Gasteiger partial charge in [-0.1, -0.05) is 66.7 Å². The molecular weight excluding hydrogens is 492 g/mol. The Morgan fingerprint density at radius 1 is 0.917 bits per heavy atom. The fraction of sp³-hybridized carbons (Fsp3) is 0.296. The van der Waals surface area contributed by atoms with E-state index in [0.29, 0.717) is 30.0 Å². The maximum Gasteiger partial charge on any atom is 0.243 e. The van der Waals surface area contributed by atoms with Gasteiger partial charge in [-0.25, -0.2) is 8.42 Å². The zero-order valence-electron chi connectivity index (χ0n) is 19.8. The van der Waals surface area contributed by atoms with Crippen molar-refractivity contribution in [1.29, 1.82) is 0 Å². The molecule has 1 amide bonds. The van der Waals surface area contributed by atoms with E-state index in [0.717, 1.165) is 36.6 Å². The van der Waals surface area contributed by atoms with E-state index in [1.54, 1.807) is 12.1 Å². The summed E-state index contributed by atoms with van der Waals surface area (Å²) in [6.07, 6.45) is 3.06. The van der Waals surface area contributed by atoms with Gasteiger partial charge in [0.05, 0.1) is 11.7 Å². The second-order valence-corrected chi connectivity index (χ2v) is 11.4. The summed E-state index contributed by atoms with van der Waals surface area (Å²) in [5.74, 6) is 0.319. The molecule has 0 radical (unpaired) electrons. The molecule has 186 valence electrons. The molecule has 4 aromatic rings. The summed E-state index contributed by atoms with van der Waals surface area (Å²) in [7, 11) is -4.00. The molecule has 0 unspecified atom stereocenters. The van der Waals surface area contributed by atoms with E-state index in [2.05, 4.69) is 37.7 Å². The average Bonchev–Trinajstić information content (AvgIpc) is 3.38. The van der Waals surface area contributed by atoms with Crippen LogP contribution in [0.3, 0.4) is 0 Å². The Hall–Kier alpha value is -3.14. The number of nitrogens with one attached hydrogen (secondary N) is 1. The number of hydrogen-bond acceptors (Lipinski definition) is 6. The van der Waals surface area contributed by atoms with E-state index >= 15 is 0 Å². The number of carbonyl (C=O) groups is 1. The van der Waals surface area contributed by atoms with Gasteiger partial charge in [0.25, 0.3) is 0 Å². The molecule has 0 aliphatic carbocycles. The number of carbonyl (C=O) groups excluding carboxylic acids is 1. The van der Waals surface area contributed by atoms with Gasteiger partial charge < -0.3 is 4.90 Å². The fourth-order valence-electron chi connectivity index (χ4n) is 4.80. The number of sulfonamides is 1. The Bertz CT molecular complexity index is 1420. The normalized spacial score (nSPS) is 15.7. The van der Waals surface area contributed by atoms with Gasteiger partial charge in [-0.3, -0.25) is 4.79 Å². The highest BCUT2D eigenvalue weighted by Gasteiger charge is 2.32. The summed E-state index contributed by atoms with van der Waals surface area (Å²) in [5, 5.41) is 0. The lowest BCUT2D eigenvalue weighted by atomic mass is 9.90. The van der Waals surface area contributed by atoms with E-state index in [9.17, 15) is 13.2 Å². The maximum absolute atomic E-state index is 13.7. The molecule has 1 aliphatic heterocycles. The minimum Gasteiger partial charge on any atom is -0.341 e. The summed E-state index contributed by atoms with van der Waals surface area (Å²) in [6.45, 7) is 1.24. The van der Waals surface area contributed by atoms with Crippen molar-refractivity contribution in [3.63, 3.8) is 0 Å². The highest BCUT2D eigenvalue weighted by Crippen LogP contribution is 2.24. The van der Waals surface area contributed by atoms with Crippen molar-refractivity contribution in [2.45, 2.75) is 36.6 Å². The number of amides is 1. The summed E-state index contributed by atoms with van der Waals surface area (Å²) >= 11 is 0.967. The summed E-state index contributed by atoms with van der Waals surface area (Å²) in [6, 6.07) is 23.9. The molecule has 2 heterocycles. The molecule has 1 fully saturated rings. The van der Waals surface area contributed by atoms with E-state index < -0.39 is 16.1 Å². The van der Waals surface area contributed by atoms with E-state index in [1.165, 1.54) is 11.6 Å². The molecule has 3 aromatic carbocycles. The third-order valence-electron chi connectivity index (χ3n) is 6.71. The number of piperidine rings is 1. The van der Waals surface area contributed by atoms with Crippen LogP contribution >= 0.6 is 11.7 Å². The molecule has 1 N–H and O–H groups in total. The predicted molar refractivity (Wildman–Crippen MR) is 141 cm³/mol. The van der Waals surface area contributed by atoms with Gasteiger partial charge in [0.15, 0.2) is 0 Å². The Balaban J connectivity index is 1.33. The molecular formula is C27H28N4O3S2. The first-order valence-electron chi connectivity index (χ1n) is 12.1. The van der Waals surface area contributed by atoms with Crippen molar-refractivity contribution in [2.75, 3.05) is 13.1 Å². The van der Waals surface area contributed by atoms with Crippen LogP contribution in [0.5, 0.6) is 0 Å². The number of likely N-dealkylation sites (tertiary alicyclic amines) is 1. The average molecular weight is 521 g/mol. The van der Waals surface area contributed by atoms with E-state index in [-0.39, 0.29) is 17.2 Å². The van der Waals surface area contributed by atoms with Crippen molar-refractivity contribution >= 4 is 38.7 Å². The molecule has 0 spiro atoms. The van der Waals surface area contributed by atoms with Crippen molar-refractivity contribution in [3.8, 4) is 0 Å². The van der Waals surface area contributed by atoms with E-state index in [4.69, 9.17) is 0 Å². The lowest BCUT2D eigenvalue weighted by Gasteiger charge is -2.34. The maximum atomic E-state index is 13.7.